The molecule has 0 aliphatic heterocycles. The summed E-state index contributed by atoms with van der Waals surface area (Å²) >= 11 is 0. The van der Waals surface area contributed by atoms with Gasteiger partial charge in [-0.25, -0.2) is 4.79 Å². The van der Waals surface area contributed by atoms with Crippen LogP contribution in [-0.4, -0.2) is 18.0 Å². The predicted octanol–water partition coefficient (Wildman–Crippen LogP) is 20.7. The Kier molecular flexibility index (Phi) is 3.73. The molecule has 0 saturated carbocycles. The average molecular weight is 1070 g/mol. The number of carbonyl (C=O) groups excluding carboxylic acids is 1. The van der Waals surface area contributed by atoms with Gasteiger partial charge in [0.1, 0.15) is 5.54 Å². The first kappa shape index (κ1) is 35.6. The highest BCUT2D eigenvalue weighted by Gasteiger charge is 2.68. The molecular weight excluding hydrogens is 1040 g/mol. The van der Waals surface area contributed by atoms with Gasteiger partial charge in [0.25, 0.3) is 0 Å². The van der Waals surface area contributed by atoms with E-state index < -0.39 is 11.0 Å². The Morgan fingerprint density at radius 1 is 0.291 bits per heavy atom. The van der Waals surface area contributed by atoms with Crippen molar-refractivity contribution < 1.29 is 9.53 Å². The van der Waals surface area contributed by atoms with Gasteiger partial charge in [-0.3, -0.25) is 4.90 Å². The minimum Gasteiger partial charge on any atom is -0.465 e. The number of hydrogen-bond donors (Lipinski definition) is 0. The van der Waals surface area contributed by atoms with Crippen molar-refractivity contribution in [1.29, 1.82) is 0 Å². The lowest BCUT2D eigenvalue weighted by Crippen LogP contribution is -2.52. The number of rotatable bonds is 8. The van der Waals surface area contributed by atoms with Crippen LogP contribution in [0.1, 0.15) is 60.4 Å². The Hall–Kier alpha value is -10.5. The molecule has 30 aromatic carbocycles. The number of ether oxygens (including phenoxy) is 1. The quantitative estimate of drug-likeness (QED) is 0.112. The molecule has 5 aliphatic rings. The number of hydrogen-bond acceptors (Lipinski definition) is 3. The molecule has 35 rings (SSSR count). The summed E-state index contributed by atoms with van der Waals surface area (Å²) in [6.07, 6.45) is 0.767. The van der Waals surface area contributed by atoms with Crippen molar-refractivity contribution in [2.75, 3.05) is 7.11 Å². The van der Waals surface area contributed by atoms with Crippen molar-refractivity contribution in [3.8, 4) is 0 Å². The Balaban J connectivity index is 1.01. The number of carbonyl (C=O) groups is 1. The first-order chi connectivity index (χ1) is 42.7. The van der Waals surface area contributed by atoms with Crippen LogP contribution >= 0.6 is 0 Å². The molecule has 2 unspecified atom stereocenters. The average Bonchev–Trinajstić information content (AvgIpc) is 1.39. The molecule has 86 heavy (non-hydrogen) atoms. The maximum absolute atomic E-state index is 14.0. The van der Waals surface area contributed by atoms with E-state index in [2.05, 4.69) is 83.8 Å². The van der Waals surface area contributed by atoms with E-state index in [0.717, 1.165) is 19.5 Å². The number of esters is 1. The summed E-state index contributed by atoms with van der Waals surface area (Å²) in [5.74, 6) is -0.265. The second kappa shape index (κ2) is 9.01. The van der Waals surface area contributed by atoms with Gasteiger partial charge in [-0.1, -0.05) is 72.8 Å². The molecule has 0 fully saturated rings. The van der Waals surface area contributed by atoms with Crippen LogP contribution in [-0.2, 0) is 35.2 Å². The van der Waals surface area contributed by atoms with Crippen LogP contribution in [0.15, 0.2) is 84.9 Å². The van der Waals surface area contributed by atoms with Crippen LogP contribution in [0.2, 0.25) is 0 Å². The van der Waals surface area contributed by atoms with Gasteiger partial charge in [-0.15, -0.1) is 0 Å². The van der Waals surface area contributed by atoms with Crippen molar-refractivity contribution in [2.45, 2.75) is 30.5 Å². The molecule has 372 valence electrons. The van der Waals surface area contributed by atoms with Gasteiger partial charge in [-0.05, 0) is 349 Å². The Labute approximate surface area is 475 Å². The normalized spacial score (nSPS) is 19.8. The molecule has 3 nitrogen and oxygen atoms in total. The monoisotopic (exact) mass is 1070 g/mol. The molecule has 0 saturated heterocycles. The topological polar surface area (TPSA) is 29.5 Å². The van der Waals surface area contributed by atoms with Gasteiger partial charge in [0, 0.05) is 13.1 Å². The molecule has 0 bridgehead atoms. The van der Waals surface area contributed by atoms with Gasteiger partial charge >= 0.3 is 5.97 Å². The molecule has 0 aromatic heterocycles. The summed E-state index contributed by atoms with van der Waals surface area (Å²) in [5, 5.41) is 83.1. The van der Waals surface area contributed by atoms with Gasteiger partial charge < -0.3 is 4.74 Å². The van der Waals surface area contributed by atoms with E-state index in [4.69, 9.17) is 4.74 Å². The first-order valence-corrected chi connectivity index (χ1v) is 31.5. The van der Waals surface area contributed by atoms with E-state index in [1.54, 1.807) is 321 Å². The fourth-order valence-corrected chi connectivity index (χ4v) is 27.2. The summed E-state index contributed by atoms with van der Waals surface area (Å²) < 4.78 is 5.61. The number of nitrogens with zero attached hydrogens (tertiary/aromatic N) is 1. The summed E-state index contributed by atoms with van der Waals surface area (Å²) in [7, 11) is 1.55. The maximum atomic E-state index is 14.0. The van der Waals surface area contributed by atoms with E-state index in [1.165, 1.54) is 16.7 Å². The molecule has 0 radical (unpaired) electrons. The van der Waals surface area contributed by atoms with Gasteiger partial charge in [0.05, 0.1) is 18.1 Å². The third kappa shape index (κ3) is 2.27. The molecule has 0 amide bonds. The van der Waals surface area contributed by atoms with Gasteiger partial charge in [0.2, 0.25) is 0 Å². The van der Waals surface area contributed by atoms with Crippen LogP contribution in [0, 0.1) is 0 Å². The highest BCUT2D eigenvalue weighted by atomic mass is 16.5. The van der Waals surface area contributed by atoms with E-state index >= 15 is 0 Å². The SMILES string of the molecule is COC(=O)c1cccc(CC23c4c5c6c7c8c9c%10c%11c(c2c2c%12c3c3c%13c4c6c4c6c%13c%13c3c3c%12c%12c%14c2c%11c2c%11c%10c%10c8c8c7c4c4c6c6c%13c7c3c%12c3c(c%142)c2c%11c%10c%10c8c4c4c%10c2c3c7c64)C59N(Cc2ccccc2)Cc2ccccc2)c1. The third-order valence-electron chi connectivity index (χ3n) is 28.1. The molecule has 3 heteroatoms. The molecule has 30 aromatic rings. The fourth-order valence-electron chi connectivity index (χ4n) is 27.2. The summed E-state index contributed by atoms with van der Waals surface area (Å²) in [4.78, 5) is 17.1. The highest BCUT2D eigenvalue weighted by molar-refractivity contribution is 6.81. The molecule has 0 N–H and O–H groups in total. The zero-order valence-electron chi connectivity index (χ0n) is 45.0. The lowest BCUT2D eigenvalue weighted by molar-refractivity contribution is 0.0600. The molecule has 2 atom stereocenters. The van der Waals surface area contributed by atoms with Crippen LogP contribution in [0.3, 0.4) is 0 Å². The largest absolute Gasteiger partial charge is 0.465 e. The second-order valence-corrected chi connectivity index (χ2v) is 29.6. The predicted molar refractivity (Wildman–Crippen MR) is 356 cm³/mol. The van der Waals surface area contributed by atoms with Crippen molar-refractivity contribution in [2.24, 2.45) is 0 Å². The molecular formula is C83H23NO2. The highest BCUT2D eigenvalue weighted by Crippen LogP contribution is 2.84. The standard InChI is InChI=1S/C83H23NO2/c1-86-81(85)22-14-8-13-21(15-22)16-82-75-67-58-51-38-31-25-26-28-24-23-27(25)36(38)42-40-29(23)33-30(24)41-43-37(28)39-32(26)35-34(31)45-53-46(35)55-52(39)59-57(43)61-48(41)50-44(33)49-47(40)60(56(42)58)71(75)73-62(49)63(50)74-72(61)76-68(59)65(55)70-66(53)69(64(67)54(45)51)77(82)79(70)83(76,80(74)78(73)82)84(17-19-9-4-2-5-10-19)18-20-11-6-3-7-12-20/h2-15H,16-18H2,1H3. The third-order valence-corrected chi connectivity index (χ3v) is 28.1. The number of methoxy groups -OCH3 is 1. The smallest absolute Gasteiger partial charge is 0.337 e. The molecule has 0 heterocycles. The fraction of sp³-hybridized carbons (Fsp3) is 0.0723. The van der Waals surface area contributed by atoms with Crippen LogP contribution in [0.4, 0.5) is 0 Å². The Morgan fingerprint density at radius 3 is 0.907 bits per heavy atom. The van der Waals surface area contributed by atoms with Crippen molar-refractivity contribution in [1.82, 2.24) is 4.90 Å². The summed E-state index contributed by atoms with van der Waals surface area (Å²) in [6, 6.07) is 32.0. The first-order valence-electron chi connectivity index (χ1n) is 31.5. The van der Waals surface area contributed by atoms with Crippen molar-refractivity contribution in [3.05, 3.63) is 141 Å². The lowest BCUT2D eigenvalue weighted by Gasteiger charge is -2.53. The number of benzene rings is 20. The van der Waals surface area contributed by atoms with E-state index in [0.29, 0.717) is 5.56 Å². The molecule has 5 aliphatic carbocycles. The van der Waals surface area contributed by atoms with E-state index in [1.807, 2.05) is 6.07 Å². The van der Waals surface area contributed by atoms with Crippen LogP contribution in [0.25, 0.3) is 280 Å². The van der Waals surface area contributed by atoms with E-state index in [9.17, 15) is 4.79 Å². The lowest BCUT2D eigenvalue weighted by atomic mass is 9.54. The second-order valence-electron chi connectivity index (χ2n) is 29.6. The Morgan fingerprint density at radius 2 is 0.547 bits per heavy atom. The molecule has 0 spiro atoms. The minimum atomic E-state index is -0.662. The zero-order valence-corrected chi connectivity index (χ0v) is 45.0. The Bertz CT molecular complexity index is 8340. The minimum absolute atomic E-state index is 0.265. The maximum Gasteiger partial charge on any atom is 0.337 e. The van der Waals surface area contributed by atoms with Crippen molar-refractivity contribution >= 4 is 286 Å². The van der Waals surface area contributed by atoms with Crippen LogP contribution < -0.4 is 0 Å². The van der Waals surface area contributed by atoms with Crippen LogP contribution in [0.5, 0.6) is 0 Å². The van der Waals surface area contributed by atoms with Gasteiger partial charge in [0.15, 0.2) is 0 Å². The van der Waals surface area contributed by atoms with Crippen molar-refractivity contribution in [3.63, 3.8) is 0 Å². The van der Waals surface area contributed by atoms with E-state index in [-0.39, 0.29) is 5.97 Å². The summed E-state index contributed by atoms with van der Waals surface area (Å²) in [5.41, 5.74) is 13.0. The zero-order chi connectivity index (χ0) is 52.7. The van der Waals surface area contributed by atoms with Gasteiger partial charge in [-0.2, -0.15) is 0 Å². The summed E-state index contributed by atoms with van der Waals surface area (Å²) in [6.45, 7) is 1.60.